The molecule has 0 saturated heterocycles. The Bertz CT molecular complexity index is 195. The van der Waals surface area contributed by atoms with Crippen LogP contribution < -0.4 is 10.6 Å². The molecule has 0 aromatic rings. The van der Waals surface area contributed by atoms with Gasteiger partial charge < -0.3 is 10.6 Å². The lowest BCUT2D eigenvalue weighted by molar-refractivity contribution is -0.122. The molecule has 0 aromatic carbocycles. The molecule has 14 heavy (non-hydrogen) atoms. The van der Waals surface area contributed by atoms with E-state index in [0.717, 1.165) is 23.9 Å². The largest absolute Gasteiger partial charge is 0.355 e. The zero-order valence-electron chi connectivity index (χ0n) is 8.90. The summed E-state index contributed by atoms with van der Waals surface area (Å²) in [6.07, 6.45) is 2.13. The third-order valence-corrected chi connectivity index (χ3v) is 2.10. The topological polar surface area (TPSA) is 41.1 Å². The monoisotopic (exact) mass is 262 g/mol. The number of hydrogen-bond donors (Lipinski definition) is 2. The average molecular weight is 263 g/mol. The SMILES string of the molecule is C=C(Br)CNC(C)C(=O)NCCCC. The molecule has 1 amide bonds. The molecule has 2 N–H and O–H groups in total. The molecule has 0 aliphatic rings. The Hall–Kier alpha value is -0.350. The molecule has 0 bridgehead atoms. The molecular formula is C10H19BrN2O. The maximum absolute atomic E-state index is 11.4. The Morgan fingerprint density at radius 1 is 1.57 bits per heavy atom. The second-order valence-corrected chi connectivity index (χ2v) is 4.39. The standard InChI is InChI=1S/C10H19BrN2O/c1-4-5-6-12-10(14)9(3)13-7-8(2)11/h9,13H,2,4-7H2,1,3H3,(H,12,14). The third-order valence-electron chi connectivity index (χ3n) is 1.82. The number of hydrogen-bond acceptors (Lipinski definition) is 2. The van der Waals surface area contributed by atoms with E-state index in [0.29, 0.717) is 6.54 Å². The molecule has 82 valence electrons. The van der Waals surface area contributed by atoms with E-state index in [-0.39, 0.29) is 11.9 Å². The van der Waals surface area contributed by atoms with Crippen molar-refractivity contribution in [1.29, 1.82) is 0 Å². The van der Waals surface area contributed by atoms with E-state index >= 15 is 0 Å². The van der Waals surface area contributed by atoms with Crippen LogP contribution in [0.25, 0.3) is 0 Å². The quantitative estimate of drug-likeness (QED) is 0.687. The zero-order valence-corrected chi connectivity index (χ0v) is 10.5. The van der Waals surface area contributed by atoms with Gasteiger partial charge in [-0.3, -0.25) is 4.79 Å². The lowest BCUT2D eigenvalue weighted by atomic mass is 10.3. The van der Waals surface area contributed by atoms with Crippen LogP contribution in [-0.4, -0.2) is 25.0 Å². The number of rotatable bonds is 7. The predicted molar refractivity (Wildman–Crippen MR) is 63.4 cm³/mol. The van der Waals surface area contributed by atoms with E-state index in [2.05, 4.69) is 40.1 Å². The second kappa shape index (κ2) is 8.00. The predicted octanol–water partition coefficient (Wildman–Crippen LogP) is 1.79. The lowest BCUT2D eigenvalue weighted by Crippen LogP contribution is -2.42. The molecule has 0 saturated carbocycles. The van der Waals surface area contributed by atoms with Crippen molar-refractivity contribution >= 4 is 21.8 Å². The van der Waals surface area contributed by atoms with Gasteiger partial charge in [-0.15, -0.1) is 0 Å². The summed E-state index contributed by atoms with van der Waals surface area (Å²) in [7, 11) is 0. The molecule has 0 spiro atoms. The van der Waals surface area contributed by atoms with Crippen LogP contribution in [0.3, 0.4) is 0 Å². The van der Waals surface area contributed by atoms with Crippen LogP contribution in [0.2, 0.25) is 0 Å². The van der Waals surface area contributed by atoms with Crippen LogP contribution in [0, 0.1) is 0 Å². The molecule has 0 aromatic heterocycles. The maximum Gasteiger partial charge on any atom is 0.236 e. The van der Waals surface area contributed by atoms with Crippen LogP contribution in [0.1, 0.15) is 26.7 Å². The highest BCUT2D eigenvalue weighted by Gasteiger charge is 2.10. The van der Waals surface area contributed by atoms with Gasteiger partial charge in [-0.05, 0) is 13.3 Å². The van der Waals surface area contributed by atoms with Gasteiger partial charge in [-0.1, -0.05) is 35.9 Å². The van der Waals surface area contributed by atoms with Gasteiger partial charge in [0.2, 0.25) is 5.91 Å². The number of unbranched alkanes of at least 4 members (excludes halogenated alkanes) is 1. The number of amides is 1. The minimum Gasteiger partial charge on any atom is -0.355 e. The number of carbonyl (C=O) groups excluding carboxylic acids is 1. The molecule has 0 aliphatic heterocycles. The Kier molecular flexibility index (Phi) is 7.80. The van der Waals surface area contributed by atoms with Gasteiger partial charge in [0, 0.05) is 17.6 Å². The summed E-state index contributed by atoms with van der Waals surface area (Å²) in [5, 5.41) is 5.91. The second-order valence-electron chi connectivity index (χ2n) is 3.26. The van der Waals surface area contributed by atoms with E-state index in [9.17, 15) is 4.79 Å². The highest BCUT2D eigenvalue weighted by molar-refractivity contribution is 9.11. The Labute approximate surface area is 94.5 Å². The molecule has 4 heteroatoms. The van der Waals surface area contributed by atoms with Crippen LogP contribution in [0.5, 0.6) is 0 Å². The molecule has 0 fully saturated rings. The smallest absolute Gasteiger partial charge is 0.236 e. The maximum atomic E-state index is 11.4. The fraction of sp³-hybridized carbons (Fsp3) is 0.700. The van der Waals surface area contributed by atoms with Gasteiger partial charge in [0.05, 0.1) is 6.04 Å². The molecule has 0 aliphatic carbocycles. The van der Waals surface area contributed by atoms with Crippen molar-refractivity contribution in [3.05, 3.63) is 11.1 Å². The molecule has 0 rings (SSSR count). The van der Waals surface area contributed by atoms with Crippen molar-refractivity contribution in [3.8, 4) is 0 Å². The van der Waals surface area contributed by atoms with Crippen molar-refractivity contribution in [2.45, 2.75) is 32.7 Å². The summed E-state index contributed by atoms with van der Waals surface area (Å²) in [5.74, 6) is 0.0483. The first-order chi connectivity index (χ1) is 6.57. The first-order valence-electron chi connectivity index (χ1n) is 4.92. The molecule has 0 heterocycles. The van der Waals surface area contributed by atoms with Crippen molar-refractivity contribution in [2.24, 2.45) is 0 Å². The van der Waals surface area contributed by atoms with Gasteiger partial charge >= 0.3 is 0 Å². The van der Waals surface area contributed by atoms with E-state index in [1.165, 1.54) is 0 Å². The van der Waals surface area contributed by atoms with Gasteiger partial charge in [0.25, 0.3) is 0 Å². The molecule has 1 atom stereocenters. The van der Waals surface area contributed by atoms with Crippen molar-refractivity contribution < 1.29 is 4.79 Å². The zero-order chi connectivity index (χ0) is 11.0. The summed E-state index contributed by atoms with van der Waals surface area (Å²) in [6.45, 7) is 9.00. The Balaban J connectivity index is 3.59. The minimum absolute atomic E-state index is 0.0483. The average Bonchev–Trinajstić information content (AvgIpc) is 2.14. The van der Waals surface area contributed by atoms with Gasteiger partial charge in [0.1, 0.15) is 0 Å². The van der Waals surface area contributed by atoms with E-state index < -0.39 is 0 Å². The molecular weight excluding hydrogens is 244 g/mol. The van der Waals surface area contributed by atoms with E-state index in [4.69, 9.17) is 0 Å². The van der Waals surface area contributed by atoms with Crippen LogP contribution in [0.15, 0.2) is 11.1 Å². The first-order valence-corrected chi connectivity index (χ1v) is 5.71. The fourth-order valence-corrected chi connectivity index (χ4v) is 1.06. The van der Waals surface area contributed by atoms with Crippen molar-refractivity contribution in [2.75, 3.05) is 13.1 Å². The first kappa shape index (κ1) is 13.7. The highest BCUT2D eigenvalue weighted by Crippen LogP contribution is 1.97. The summed E-state index contributed by atoms with van der Waals surface area (Å²) in [5.41, 5.74) is 0. The number of carbonyl (C=O) groups is 1. The minimum atomic E-state index is -0.166. The summed E-state index contributed by atoms with van der Waals surface area (Å²) < 4.78 is 0.853. The van der Waals surface area contributed by atoms with Crippen LogP contribution >= 0.6 is 15.9 Å². The third kappa shape index (κ3) is 7.09. The number of nitrogens with one attached hydrogen (secondary N) is 2. The Morgan fingerprint density at radius 3 is 2.71 bits per heavy atom. The van der Waals surface area contributed by atoms with Crippen LogP contribution in [0.4, 0.5) is 0 Å². The summed E-state index contributed by atoms with van der Waals surface area (Å²) in [6, 6.07) is -0.166. The molecule has 1 unspecified atom stereocenters. The van der Waals surface area contributed by atoms with E-state index in [1.807, 2.05) is 6.92 Å². The molecule has 0 radical (unpaired) electrons. The Morgan fingerprint density at radius 2 is 2.21 bits per heavy atom. The van der Waals surface area contributed by atoms with Crippen molar-refractivity contribution in [1.82, 2.24) is 10.6 Å². The highest BCUT2D eigenvalue weighted by atomic mass is 79.9. The summed E-state index contributed by atoms with van der Waals surface area (Å²) in [4.78, 5) is 11.4. The summed E-state index contributed by atoms with van der Waals surface area (Å²) >= 11 is 3.23. The van der Waals surface area contributed by atoms with Gasteiger partial charge in [0.15, 0.2) is 0 Å². The van der Waals surface area contributed by atoms with Crippen molar-refractivity contribution in [3.63, 3.8) is 0 Å². The molecule has 3 nitrogen and oxygen atoms in total. The van der Waals surface area contributed by atoms with Crippen LogP contribution in [-0.2, 0) is 4.79 Å². The van der Waals surface area contributed by atoms with Gasteiger partial charge in [-0.2, -0.15) is 0 Å². The fourth-order valence-electron chi connectivity index (χ4n) is 0.898. The van der Waals surface area contributed by atoms with Gasteiger partial charge in [-0.25, -0.2) is 0 Å². The number of halogens is 1. The normalized spacial score (nSPS) is 12.2. The van der Waals surface area contributed by atoms with E-state index in [1.54, 1.807) is 0 Å². The lowest BCUT2D eigenvalue weighted by Gasteiger charge is -2.13.